The average molecular weight is 389 g/mol. The van der Waals surface area contributed by atoms with E-state index in [4.69, 9.17) is 9.47 Å². The summed E-state index contributed by atoms with van der Waals surface area (Å²) in [5, 5.41) is 0. The van der Waals surface area contributed by atoms with Crippen molar-refractivity contribution in [3.63, 3.8) is 0 Å². The second-order valence-corrected chi connectivity index (χ2v) is 7.77. The van der Waals surface area contributed by atoms with Crippen LogP contribution < -0.4 is 4.74 Å². The zero-order valence-corrected chi connectivity index (χ0v) is 17.3. The summed E-state index contributed by atoms with van der Waals surface area (Å²) in [6.45, 7) is 4.92. The minimum Gasteiger partial charge on any atom is -0.497 e. The summed E-state index contributed by atoms with van der Waals surface area (Å²) < 4.78 is 10.5. The van der Waals surface area contributed by atoms with Crippen LogP contribution in [0.25, 0.3) is 0 Å². The lowest BCUT2D eigenvalue weighted by Gasteiger charge is -2.44. The van der Waals surface area contributed by atoms with Gasteiger partial charge in [0, 0.05) is 39.8 Å². The molecule has 2 aliphatic heterocycles. The van der Waals surface area contributed by atoms with E-state index in [0.717, 1.165) is 24.4 Å². The number of methoxy groups -OCH3 is 2. The van der Waals surface area contributed by atoms with Gasteiger partial charge in [0.1, 0.15) is 11.3 Å². The van der Waals surface area contributed by atoms with Crippen molar-refractivity contribution in [2.24, 2.45) is 0 Å². The Labute approximate surface area is 167 Å². The molecule has 0 unspecified atom stereocenters. The molecule has 1 aromatic carbocycles. The van der Waals surface area contributed by atoms with Crippen LogP contribution in [0, 0.1) is 0 Å². The molecule has 1 spiro atoms. The Balaban J connectivity index is 1.71. The van der Waals surface area contributed by atoms with Crippen molar-refractivity contribution in [3.05, 3.63) is 29.8 Å². The average Bonchev–Trinajstić information content (AvgIpc) is 2.89. The van der Waals surface area contributed by atoms with Gasteiger partial charge in [-0.15, -0.1) is 0 Å². The first kappa shape index (κ1) is 20.6. The third kappa shape index (κ3) is 3.73. The minimum absolute atomic E-state index is 0.0636. The number of rotatable bonds is 7. The van der Waals surface area contributed by atoms with E-state index in [9.17, 15) is 9.59 Å². The minimum atomic E-state index is -0.707. The zero-order chi connectivity index (χ0) is 20.3. The van der Waals surface area contributed by atoms with Gasteiger partial charge in [-0.3, -0.25) is 14.6 Å². The van der Waals surface area contributed by atoms with Crippen molar-refractivity contribution in [3.8, 4) is 5.75 Å². The van der Waals surface area contributed by atoms with E-state index in [-0.39, 0.29) is 11.9 Å². The Bertz CT molecular complexity index is 698. The van der Waals surface area contributed by atoms with Gasteiger partial charge in [0.15, 0.2) is 0 Å². The predicted molar refractivity (Wildman–Crippen MR) is 106 cm³/mol. The molecule has 0 bridgehead atoms. The number of hydrogen-bond acceptors (Lipinski definition) is 5. The molecule has 2 fully saturated rings. The molecule has 2 saturated heterocycles. The number of benzene rings is 1. The van der Waals surface area contributed by atoms with Gasteiger partial charge in [-0.05, 0) is 43.9 Å². The van der Waals surface area contributed by atoms with Gasteiger partial charge in [0.25, 0.3) is 5.91 Å². The Morgan fingerprint density at radius 1 is 1.11 bits per heavy atom. The van der Waals surface area contributed by atoms with Crippen LogP contribution in [0.1, 0.15) is 25.3 Å². The van der Waals surface area contributed by atoms with Crippen molar-refractivity contribution in [1.82, 2.24) is 14.7 Å². The molecule has 7 heteroatoms. The van der Waals surface area contributed by atoms with E-state index in [1.807, 2.05) is 24.3 Å². The van der Waals surface area contributed by atoms with Gasteiger partial charge in [0.05, 0.1) is 13.7 Å². The first-order valence-corrected chi connectivity index (χ1v) is 9.88. The van der Waals surface area contributed by atoms with E-state index in [2.05, 4.69) is 11.8 Å². The van der Waals surface area contributed by atoms with Crippen molar-refractivity contribution in [2.45, 2.75) is 37.8 Å². The van der Waals surface area contributed by atoms with Crippen molar-refractivity contribution in [2.75, 3.05) is 47.5 Å². The van der Waals surface area contributed by atoms with Crippen LogP contribution in [-0.4, -0.2) is 85.7 Å². The quantitative estimate of drug-likeness (QED) is 0.668. The highest BCUT2D eigenvalue weighted by Gasteiger charge is 2.56. The zero-order valence-electron chi connectivity index (χ0n) is 17.3. The number of carbonyl (C=O) groups excluding carboxylic acids is 2. The lowest BCUT2D eigenvalue weighted by Crippen LogP contribution is -2.58. The Hall–Kier alpha value is -2.12. The second kappa shape index (κ2) is 8.49. The number of piperidine rings is 1. The molecule has 0 saturated carbocycles. The highest BCUT2D eigenvalue weighted by atomic mass is 16.5. The molecule has 1 atom stereocenters. The number of imide groups is 1. The number of hydrogen-bond donors (Lipinski definition) is 0. The Morgan fingerprint density at radius 2 is 1.75 bits per heavy atom. The number of urea groups is 1. The first-order valence-electron chi connectivity index (χ1n) is 9.88. The van der Waals surface area contributed by atoms with Gasteiger partial charge in [-0.2, -0.15) is 0 Å². The molecule has 0 radical (unpaired) electrons. The maximum absolute atomic E-state index is 13.0. The first-order chi connectivity index (χ1) is 13.4. The fraction of sp³-hybridized carbons (Fsp3) is 0.619. The van der Waals surface area contributed by atoms with Gasteiger partial charge in [-0.1, -0.05) is 12.1 Å². The third-order valence-corrected chi connectivity index (χ3v) is 6.18. The van der Waals surface area contributed by atoms with E-state index >= 15 is 0 Å². The molecule has 154 valence electrons. The molecule has 0 aromatic heterocycles. The van der Waals surface area contributed by atoms with Crippen molar-refractivity contribution < 1.29 is 19.1 Å². The maximum atomic E-state index is 13.0. The standard InChI is InChI=1S/C21H31N3O4/c1-16(15-27-3)23-13-10-21(11-14-23)19(25)22(2)20(26)24(21)12-9-17-5-7-18(28-4)8-6-17/h5-8,16H,9-15H2,1-4H3/t16-/m0/s1. The largest absolute Gasteiger partial charge is 0.497 e. The molecule has 0 aliphatic carbocycles. The monoisotopic (exact) mass is 389 g/mol. The summed E-state index contributed by atoms with van der Waals surface area (Å²) in [7, 11) is 4.94. The smallest absolute Gasteiger partial charge is 0.327 e. The van der Waals surface area contributed by atoms with E-state index in [0.29, 0.717) is 38.5 Å². The number of carbonyl (C=O) groups is 2. The Kier molecular flexibility index (Phi) is 6.25. The van der Waals surface area contributed by atoms with Crippen molar-refractivity contribution >= 4 is 11.9 Å². The summed E-state index contributed by atoms with van der Waals surface area (Å²) in [6, 6.07) is 7.98. The van der Waals surface area contributed by atoms with E-state index in [1.165, 1.54) is 4.90 Å². The van der Waals surface area contributed by atoms with Crippen molar-refractivity contribution in [1.29, 1.82) is 0 Å². The molecule has 1 aromatic rings. The van der Waals surface area contributed by atoms with Crippen LogP contribution in [0.2, 0.25) is 0 Å². The molecule has 2 aliphatic rings. The number of amides is 3. The fourth-order valence-electron chi connectivity index (χ4n) is 4.39. The number of ether oxygens (including phenoxy) is 2. The molecule has 7 nitrogen and oxygen atoms in total. The van der Waals surface area contributed by atoms with Gasteiger partial charge in [-0.25, -0.2) is 4.79 Å². The summed E-state index contributed by atoms with van der Waals surface area (Å²) in [6.07, 6.45) is 2.04. The van der Waals surface area contributed by atoms with Crippen LogP contribution >= 0.6 is 0 Å². The summed E-state index contributed by atoms with van der Waals surface area (Å²) in [5.74, 6) is 0.746. The SMILES string of the molecule is COC[C@H](C)N1CCC2(CC1)C(=O)N(C)C(=O)N2CCc1ccc(OC)cc1. The lowest BCUT2D eigenvalue weighted by molar-refractivity contribution is -0.135. The predicted octanol–water partition coefficient (Wildman–Crippen LogP) is 2.00. The number of nitrogens with zero attached hydrogens (tertiary/aromatic N) is 3. The van der Waals surface area contributed by atoms with Crippen LogP contribution in [0.15, 0.2) is 24.3 Å². The van der Waals surface area contributed by atoms with Crippen LogP contribution in [0.3, 0.4) is 0 Å². The van der Waals surface area contributed by atoms with Gasteiger partial charge >= 0.3 is 6.03 Å². The van der Waals surface area contributed by atoms with Crippen LogP contribution in [-0.2, 0) is 16.0 Å². The summed E-state index contributed by atoms with van der Waals surface area (Å²) >= 11 is 0. The lowest BCUT2D eigenvalue weighted by atomic mass is 9.85. The van der Waals surface area contributed by atoms with Gasteiger partial charge < -0.3 is 14.4 Å². The normalized spacial score (nSPS) is 20.9. The molecular formula is C21H31N3O4. The molecular weight excluding hydrogens is 358 g/mol. The third-order valence-electron chi connectivity index (χ3n) is 6.18. The van der Waals surface area contributed by atoms with Crippen LogP contribution in [0.5, 0.6) is 5.75 Å². The molecule has 28 heavy (non-hydrogen) atoms. The molecule has 2 heterocycles. The molecule has 3 amide bonds. The Morgan fingerprint density at radius 3 is 2.32 bits per heavy atom. The van der Waals surface area contributed by atoms with Crippen LogP contribution in [0.4, 0.5) is 4.79 Å². The second-order valence-electron chi connectivity index (χ2n) is 7.77. The molecule has 0 N–H and O–H groups in total. The highest BCUT2D eigenvalue weighted by molar-refractivity contribution is 6.06. The highest BCUT2D eigenvalue weighted by Crippen LogP contribution is 2.37. The number of likely N-dealkylation sites (N-methyl/N-ethyl adjacent to an activating group) is 1. The van der Waals surface area contributed by atoms with E-state index in [1.54, 1.807) is 26.2 Å². The maximum Gasteiger partial charge on any atom is 0.327 e. The fourth-order valence-corrected chi connectivity index (χ4v) is 4.39. The van der Waals surface area contributed by atoms with Gasteiger partial charge in [0.2, 0.25) is 0 Å². The topological polar surface area (TPSA) is 62.3 Å². The van der Waals surface area contributed by atoms with E-state index < -0.39 is 5.54 Å². The summed E-state index contributed by atoms with van der Waals surface area (Å²) in [5.41, 5.74) is 0.415. The molecule has 3 rings (SSSR count). The number of likely N-dealkylation sites (tertiary alicyclic amines) is 1. The summed E-state index contributed by atoms with van der Waals surface area (Å²) in [4.78, 5) is 31.2.